The Balaban J connectivity index is 1.97. The van der Waals surface area contributed by atoms with Gasteiger partial charge in [-0.15, -0.1) is 0 Å². The molecule has 8 nitrogen and oxygen atoms in total. The van der Waals surface area contributed by atoms with E-state index in [2.05, 4.69) is 5.16 Å². The quantitative estimate of drug-likeness (QED) is 0.909. The predicted molar refractivity (Wildman–Crippen MR) is 83.3 cm³/mol. The van der Waals surface area contributed by atoms with Gasteiger partial charge in [-0.05, 0) is 26.8 Å². The number of hydrogen-bond donors (Lipinski definition) is 1. The number of carbonyl (C=O) groups is 2. The number of carboxylic acids is 1. The van der Waals surface area contributed by atoms with E-state index in [-0.39, 0.29) is 19.1 Å². The largest absolute Gasteiger partial charge is 0.480 e. The lowest BCUT2D eigenvalue weighted by molar-refractivity contribution is -0.147. The van der Waals surface area contributed by atoms with Gasteiger partial charge >= 0.3 is 5.97 Å². The number of carbonyl (C=O) groups excluding carboxylic acids is 1. The number of amides is 1. The second-order valence-corrected chi connectivity index (χ2v) is 5.84. The third-order valence-corrected chi connectivity index (χ3v) is 4.18. The van der Waals surface area contributed by atoms with Crippen molar-refractivity contribution in [3.8, 4) is 5.82 Å². The fourth-order valence-corrected chi connectivity index (χ4v) is 3.00. The van der Waals surface area contributed by atoms with Gasteiger partial charge in [0.2, 0.25) is 0 Å². The van der Waals surface area contributed by atoms with Crippen LogP contribution in [0.1, 0.15) is 27.5 Å². The maximum Gasteiger partial charge on any atom is 0.328 e. The Labute approximate surface area is 138 Å². The van der Waals surface area contributed by atoms with Gasteiger partial charge in [0.25, 0.3) is 5.91 Å². The van der Waals surface area contributed by atoms with Crippen molar-refractivity contribution < 1.29 is 24.0 Å². The summed E-state index contributed by atoms with van der Waals surface area (Å²) < 4.78 is 12.1. The lowest BCUT2D eigenvalue weighted by atomic mass is 10.1. The third kappa shape index (κ3) is 2.69. The van der Waals surface area contributed by atoms with Crippen LogP contribution in [0.3, 0.4) is 0 Å². The van der Waals surface area contributed by atoms with Crippen molar-refractivity contribution in [1.29, 1.82) is 0 Å². The second kappa shape index (κ2) is 6.12. The van der Waals surface area contributed by atoms with E-state index in [0.29, 0.717) is 29.4 Å². The Morgan fingerprint density at radius 3 is 2.67 bits per heavy atom. The maximum atomic E-state index is 12.9. The molecule has 128 valence electrons. The molecule has 0 bridgehead atoms. The molecule has 8 heteroatoms. The molecule has 0 radical (unpaired) electrons. The van der Waals surface area contributed by atoms with E-state index in [1.807, 2.05) is 11.5 Å². The molecule has 1 atom stereocenters. The van der Waals surface area contributed by atoms with Gasteiger partial charge in [0, 0.05) is 24.0 Å². The predicted octanol–water partition coefficient (Wildman–Crippen LogP) is 1.32. The number of morpholine rings is 1. The summed E-state index contributed by atoms with van der Waals surface area (Å²) in [7, 11) is 0. The minimum atomic E-state index is -1.07. The average Bonchev–Trinajstić information content (AvgIpc) is 3.09. The first kappa shape index (κ1) is 16.3. The molecule has 1 saturated heterocycles. The number of carboxylic acid groups (broad SMARTS) is 1. The van der Waals surface area contributed by atoms with Crippen LogP contribution in [-0.4, -0.2) is 57.4 Å². The summed E-state index contributed by atoms with van der Waals surface area (Å²) in [5.74, 6) is -0.114. The highest BCUT2D eigenvalue weighted by Gasteiger charge is 2.34. The van der Waals surface area contributed by atoms with Gasteiger partial charge in [-0.1, -0.05) is 5.16 Å². The number of nitrogens with zero attached hydrogens (tertiary/aromatic N) is 3. The topological polar surface area (TPSA) is 97.8 Å². The molecular formula is C16H19N3O5. The van der Waals surface area contributed by atoms with Crippen molar-refractivity contribution in [3.63, 3.8) is 0 Å². The van der Waals surface area contributed by atoms with Crippen LogP contribution in [-0.2, 0) is 9.53 Å². The molecule has 1 aliphatic rings. The Bertz CT molecular complexity index is 792. The van der Waals surface area contributed by atoms with Gasteiger partial charge in [-0.25, -0.2) is 4.79 Å². The maximum absolute atomic E-state index is 12.9. The Morgan fingerprint density at radius 1 is 1.29 bits per heavy atom. The van der Waals surface area contributed by atoms with Crippen LogP contribution in [0, 0.1) is 20.8 Å². The molecule has 3 rings (SSSR count). The minimum absolute atomic E-state index is 0.00227. The Kier molecular flexibility index (Phi) is 4.15. The Morgan fingerprint density at radius 2 is 2.04 bits per heavy atom. The van der Waals surface area contributed by atoms with Crippen LogP contribution in [0.15, 0.2) is 16.7 Å². The summed E-state index contributed by atoms with van der Waals surface area (Å²) in [5.41, 5.74) is 1.98. The molecule has 0 aliphatic carbocycles. The van der Waals surface area contributed by atoms with E-state index in [9.17, 15) is 14.7 Å². The summed E-state index contributed by atoms with van der Waals surface area (Å²) in [4.78, 5) is 25.6. The highest BCUT2D eigenvalue weighted by molar-refractivity contribution is 5.98. The number of rotatable bonds is 3. The van der Waals surface area contributed by atoms with E-state index in [1.165, 1.54) is 4.90 Å². The average molecular weight is 333 g/mol. The molecule has 24 heavy (non-hydrogen) atoms. The molecule has 1 N–H and O–H groups in total. The lowest BCUT2D eigenvalue weighted by Gasteiger charge is -2.32. The molecule has 0 saturated carbocycles. The fourth-order valence-electron chi connectivity index (χ4n) is 3.00. The van der Waals surface area contributed by atoms with Crippen molar-refractivity contribution in [2.45, 2.75) is 26.8 Å². The first-order valence-corrected chi connectivity index (χ1v) is 7.64. The molecule has 3 heterocycles. The van der Waals surface area contributed by atoms with Crippen LogP contribution in [0.4, 0.5) is 0 Å². The van der Waals surface area contributed by atoms with Crippen molar-refractivity contribution in [2.75, 3.05) is 19.8 Å². The number of hydrogen-bond acceptors (Lipinski definition) is 5. The van der Waals surface area contributed by atoms with Gasteiger partial charge < -0.3 is 19.3 Å². The van der Waals surface area contributed by atoms with E-state index in [1.54, 1.807) is 26.0 Å². The molecule has 1 fully saturated rings. The molecule has 0 spiro atoms. The van der Waals surface area contributed by atoms with E-state index >= 15 is 0 Å². The van der Waals surface area contributed by atoms with E-state index < -0.39 is 12.0 Å². The summed E-state index contributed by atoms with van der Waals surface area (Å²) in [6, 6.07) is 2.56. The van der Waals surface area contributed by atoms with Gasteiger partial charge in [0.05, 0.1) is 18.8 Å². The molecule has 0 unspecified atom stereocenters. The second-order valence-electron chi connectivity index (χ2n) is 5.84. The van der Waals surface area contributed by atoms with Gasteiger partial charge in [-0.3, -0.25) is 9.36 Å². The zero-order chi connectivity index (χ0) is 17.4. The molecule has 1 amide bonds. The van der Waals surface area contributed by atoms with Crippen molar-refractivity contribution >= 4 is 11.9 Å². The highest BCUT2D eigenvalue weighted by atomic mass is 16.5. The number of aliphatic carboxylic acids is 1. The molecule has 1 aliphatic heterocycles. The zero-order valence-corrected chi connectivity index (χ0v) is 13.8. The van der Waals surface area contributed by atoms with Crippen LogP contribution in [0.2, 0.25) is 0 Å². The van der Waals surface area contributed by atoms with Crippen molar-refractivity contribution in [1.82, 2.24) is 14.6 Å². The smallest absolute Gasteiger partial charge is 0.328 e. The first-order valence-electron chi connectivity index (χ1n) is 7.64. The van der Waals surface area contributed by atoms with Gasteiger partial charge in [0.15, 0.2) is 11.9 Å². The normalized spacial score (nSPS) is 18.0. The van der Waals surface area contributed by atoms with E-state index in [0.717, 1.165) is 5.69 Å². The van der Waals surface area contributed by atoms with Crippen LogP contribution in [0.5, 0.6) is 0 Å². The van der Waals surface area contributed by atoms with Gasteiger partial charge in [-0.2, -0.15) is 0 Å². The Hall–Kier alpha value is -2.61. The number of aryl methyl sites for hydroxylation is 2. The van der Waals surface area contributed by atoms with Crippen LogP contribution >= 0.6 is 0 Å². The summed E-state index contributed by atoms with van der Waals surface area (Å²) in [5, 5.41) is 13.3. The SMILES string of the molecule is Cc1cc(-n2c(C)cc(C(=O)N3CCOC[C@H]3C(=O)O)c2C)no1. The molecular weight excluding hydrogens is 314 g/mol. The summed E-state index contributed by atoms with van der Waals surface area (Å²) in [6.45, 7) is 6.05. The molecule has 2 aromatic rings. The van der Waals surface area contributed by atoms with Crippen LogP contribution < -0.4 is 0 Å². The van der Waals surface area contributed by atoms with Crippen molar-refractivity contribution in [2.24, 2.45) is 0 Å². The molecule has 2 aromatic heterocycles. The number of aromatic nitrogens is 2. The third-order valence-electron chi connectivity index (χ3n) is 4.18. The summed E-state index contributed by atoms with van der Waals surface area (Å²) >= 11 is 0. The molecule has 0 aromatic carbocycles. The lowest BCUT2D eigenvalue weighted by Crippen LogP contribution is -2.52. The first-order chi connectivity index (χ1) is 11.4. The zero-order valence-electron chi connectivity index (χ0n) is 13.8. The monoisotopic (exact) mass is 333 g/mol. The minimum Gasteiger partial charge on any atom is -0.480 e. The standard InChI is InChI=1S/C16H19N3O5/c1-9-6-12(11(3)19(9)14-7-10(2)24-17-14)15(20)18-4-5-23-8-13(18)16(21)22/h6-7,13H,4-5,8H2,1-3H3,(H,21,22)/t13-/m0/s1. The van der Waals surface area contributed by atoms with Gasteiger partial charge in [0.1, 0.15) is 5.76 Å². The van der Waals surface area contributed by atoms with Crippen LogP contribution in [0.25, 0.3) is 5.82 Å². The fraction of sp³-hybridized carbons (Fsp3) is 0.438. The number of ether oxygens (including phenoxy) is 1. The van der Waals surface area contributed by atoms with E-state index in [4.69, 9.17) is 9.26 Å². The highest BCUT2D eigenvalue weighted by Crippen LogP contribution is 2.23. The van der Waals surface area contributed by atoms with Crippen molar-refractivity contribution in [3.05, 3.63) is 34.8 Å². The summed E-state index contributed by atoms with van der Waals surface area (Å²) in [6.07, 6.45) is 0.